The second-order valence-electron chi connectivity index (χ2n) is 10.1. The molecule has 0 unspecified atom stereocenters. The van der Waals surface area contributed by atoms with Gasteiger partial charge in [0, 0.05) is 48.6 Å². The predicted molar refractivity (Wildman–Crippen MR) is 188 cm³/mol. The minimum absolute atomic E-state index is 0.779. The van der Waals surface area contributed by atoms with Crippen molar-refractivity contribution in [1.29, 1.82) is 0 Å². The molecule has 0 saturated carbocycles. The summed E-state index contributed by atoms with van der Waals surface area (Å²) in [5, 5.41) is 5.99. The van der Waals surface area contributed by atoms with Crippen LogP contribution in [0.1, 0.15) is 0 Å². The van der Waals surface area contributed by atoms with Crippen molar-refractivity contribution in [3.8, 4) is 11.1 Å². The Balaban J connectivity index is 0.000000109. The number of hydrogen-bond donors (Lipinski definition) is 2. The maximum atomic E-state index is 5.89. The van der Waals surface area contributed by atoms with E-state index in [2.05, 4.69) is 140 Å². The average molecular weight is 604 g/mol. The average Bonchev–Trinajstić information content (AvgIpc) is 3.69. The van der Waals surface area contributed by atoms with Crippen LogP contribution in [0, 0.1) is 0 Å². The molecule has 0 atom stereocenters. The number of fused-ring (bicyclic) bond motifs is 6. The Morgan fingerprint density at radius 1 is 0.356 bits per heavy atom. The first kappa shape index (κ1) is 29.3. The molecular weight excluding hydrogens is 574 g/mol. The van der Waals surface area contributed by atoms with Crippen molar-refractivity contribution in [2.24, 2.45) is 0 Å². The molecule has 5 nitrogen and oxygen atoms in total. The van der Waals surface area contributed by atoms with Gasteiger partial charge < -0.3 is 9.97 Å². The Morgan fingerprint density at radius 3 is 1.09 bits per heavy atom. The second kappa shape index (κ2) is 14.6. The Kier molecular flexibility index (Phi) is 9.51. The van der Waals surface area contributed by atoms with Crippen LogP contribution in [0.15, 0.2) is 171 Å². The van der Waals surface area contributed by atoms with Crippen LogP contribution in [-0.2, 0) is 0 Å². The zero-order valence-electron chi connectivity index (χ0n) is 24.4. The van der Waals surface area contributed by atoms with Crippen LogP contribution in [0.2, 0.25) is 5.02 Å². The van der Waals surface area contributed by atoms with Crippen molar-refractivity contribution in [2.75, 3.05) is 0 Å². The third-order valence-electron chi connectivity index (χ3n) is 7.16. The highest BCUT2D eigenvalue weighted by Gasteiger charge is 2.01. The number of aromatic nitrogens is 5. The van der Waals surface area contributed by atoms with Crippen LogP contribution >= 0.6 is 11.6 Å². The number of halogens is 1. The third-order valence-corrected chi connectivity index (χ3v) is 7.39. The Bertz CT molecular complexity index is 2010. The summed E-state index contributed by atoms with van der Waals surface area (Å²) < 4.78 is 0. The lowest BCUT2D eigenvalue weighted by Crippen LogP contribution is -1.75. The molecule has 0 spiro atoms. The van der Waals surface area contributed by atoms with E-state index in [1.54, 1.807) is 0 Å². The van der Waals surface area contributed by atoms with Crippen LogP contribution in [0.25, 0.3) is 54.7 Å². The molecule has 2 N–H and O–H groups in total. The molecule has 0 bridgehead atoms. The van der Waals surface area contributed by atoms with Gasteiger partial charge in [-0.3, -0.25) is 0 Å². The third kappa shape index (κ3) is 7.42. The molecular formula is C39H30ClN5. The topological polar surface area (TPSA) is 70.2 Å². The number of para-hydroxylation sites is 4. The lowest BCUT2D eigenvalue weighted by atomic mass is 10.1. The molecule has 0 amide bonds. The van der Waals surface area contributed by atoms with E-state index >= 15 is 0 Å². The highest BCUT2D eigenvalue weighted by Crippen LogP contribution is 2.25. The molecule has 218 valence electrons. The maximum absolute atomic E-state index is 5.89. The summed E-state index contributed by atoms with van der Waals surface area (Å²) in [6.45, 7) is 0. The number of H-pyrrole nitrogens is 2. The van der Waals surface area contributed by atoms with Gasteiger partial charge in [0.15, 0.2) is 0 Å². The number of rotatable bonds is 1. The summed E-state index contributed by atoms with van der Waals surface area (Å²) in [4.78, 5) is 17.4. The monoisotopic (exact) mass is 603 g/mol. The summed E-state index contributed by atoms with van der Waals surface area (Å²) in [7, 11) is 0. The molecule has 0 saturated heterocycles. The van der Waals surface area contributed by atoms with Gasteiger partial charge in [-0.1, -0.05) is 127 Å². The molecule has 0 fully saturated rings. The first-order chi connectivity index (χ1) is 22.3. The van der Waals surface area contributed by atoms with E-state index in [1.807, 2.05) is 36.4 Å². The minimum atomic E-state index is 0.779. The fraction of sp³-hybridized carbons (Fsp3) is 0. The van der Waals surface area contributed by atoms with Crippen molar-refractivity contribution in [3.05, 3.63) is 176 Å². The van der Waals surface area contributed by atoms with Crippen molar-refractivity contribution >= 4 is 55.2 Å². The van der Waals surface area contributed by atoms with E-state index in [0.717, 1.165) is 10.6 Å². The van der Waals surface area contributed by atoms with Crippen molar-refractivity contribution in [1.82, 2.24) is 24.9 Å². The van der Waals surface area contributed by atoms with E-state index in [-0.39, 0.29) is 0 Å². The fourth-order valence-electron chi connectivity index (χ4n) is 5.10. The van der Waals surface area contributed by atoms with Crippen LogP contribution < -0.4 is 0 Å². The smallest absolute Gasteiger partial charge is 0.119 e. The normalized spacial score (nSPS) is 10.3. The Morgan fingerprint density at radius 2 is 0.711 bits per heavy atom. The molecule has 6 aromatic carbocycles. The van der Waals surface area contributed by atoms with E-state index in [0.29, 0.717) is 0 Å². The quantitative estimate of drug-likeness (QED) is 0.196. The standard InChI is InChI=1S/C12H9Cl.2C12H9N.C3H3N3/c13-12-8-4-7-11(9-12)10-5-2-1-3-6-10;2*1-3-7-11-9(5-1)10-6-2-4-8-12(10)13-11;1-4-2-6-3-5-1/h1-9H;2*1-8,13H;1-3H. The van der Waals surface area contributed by atoms with Gasteiger partial charge in [-0.05, 0) is 47.5 Å². The Hall–Kier alpha value is -5.78. The zero-order chi connectivity index (χ0) is 30.7. The zero-order valence-corrected chi connectivity index (χ0v) is 25.1. The summed E-state index contributed by atoms with van der Waals surface area (Å²) in [6, 6.07) is 51.6. The largest absolute Gasteiger partial charge is 0.355 e. The maximum Gasteiger partial charge on any atom is 0.119 e. The van der Waals surface area contributed by atoms with Gasteiger partial charge in [-0.15, -0.1) is 0 Å². The van der Waals surface area contributed by atoms with E-state index in [1.165, 1.54) is 68.2 Å². The van der Waals surface area contributed by atoms with E-state index < -0.39 is 0 Å². The van der Waals surface area contributed by atoms with Crippen molar-refractivity contribution in [2.45, 2.75) is 0 Å². The van der Waals surface area contributed by atoms with Gasteiger partial charge in [0.25, 0.3) is 0 Å². The summed E-state index contributed by atoms with van der Waals surface area (Å²) >= 11 is 5.89. The molecule has 3 heterocycles. The van der Waals surface area contributed by atoms with Crippen LogP contribution in [0.3, 0.4) is 0 Å². The van der Waals surface area contributed by atoms with Crippen LogP contribution in [0.5, 0.6) is 0 Å². The van der Waals surface area contributed by atoms with Gasteiger partial charge in [0.2, 0.25) is 0 Å². The van der Waals surface area contributed by atoms with E-state index in [4.69, 9.17) is 11.6 Å². The van der Waals surface area contributed by atoms with Gasteiger partial charge in [-0.2, -0.15) is 0 Å². The van der Waals surface area contributed by atoms with Crippen molar-refractivity contribution < 1.29 is 0 Å². The van der Waals surface area contributed by atoms with Crippen LogP contribution in [0.4, 0.5) is 0 Å². The highest BCUT2D eigenvalue weighted by atomic mass is 35.5. The molecule has 0 aliphatic carbocycles. The molecule has 0 aliphatic rings. The lowest BCUT2D eigenvalue weighted by molar-refractivity contribution is 1.05. The van der Waals surface area contributed by atoms with Gasteiger partial charge in [0.05, 0.1) is 0 Å². The molecule has 3 aromatic heterocycles. The molecule has 0 aliphatic heterocycles. The highest BCUT2D eigenvalue weighted by molar-refractivity contribution is 6.30. The second-order valence-corrected chi connectivity index (χ2v) is 10.5. The number of aromatic amines is 2. The first-order valence-electron chi connectivity index (χ1n) is 14.5. The predicted octanol–water partition coefficient (Wildman–Crippen LogP) is 10.5. The van der Waals surface area contributed by atoms with Gasteiger partial charge in [0.1, 0.15) is 19.0 Å². The number of nitrogens with zero attached hydrogens (tertiary/aromatic N) is 3. The molecule has 9 rings (SSSR count). The lowest BCUT2D eigenvalue weighted by Gasteiger charge is -2.00. The Labute approximate surface area is 266 Å². The molecule has 6 heteroatoms. The molecule has 45 heavy (non-hydrogen) atoms. The number of hydrogen-bond acceptors (Lipinski definition) is 3. The van der Waals surface area contributed by atoms with Crippen LogP contribution in [-0.4, -0.2) is 24.9 Å². The summed E-state index contributed by atoms with van der Waals surface area (Å²) in [5.41, 5.74) is 7.21. The van der Waals surface area contributed by atoms with Gasteiger partial charge in [-0.25, -0.2) is 15.0 Å². The number of benzene rings is 6. The van der Waals surface area contributed by atoms with E-state index in [9.17, 15) is 0 Å². The SMILES string of the molecule is Clc1cccc(-c2ccccc2)c1.c1ccc2c(c1)[nH]c1ccccc12.c1ccc2c(c1)[nH]c1ccccc12.c1ncncn1. The first-order valence-corrected chi connectivity index (χ1v) is 14.9. The summed E-state index contributed by atoms with van der Waals surface area (Å²) in [5.74, 6) is 0. The molecule has 0 radical (unpaired) electrons. The molecule has 9 aromatic rings. The fourth-order valence-corrected chi connectivity index (χ4v) is 5.29. The van der Waals surface area contributed by atoms with Crippen molar-refractivity contribution in [3.63, 3.8) is 0 Å². The van der Waals surface area contributed by atoms with Gasteiger partial charge >= 0.3 is 0 Å². The minimum Gasteiger partial charge on any atom is -0.355 e. The number of nitrogens with one attached hydrogen (secondary N) is 2. The summed E-state index contributed by atoms with van der Waals surface area (Å²) in [6.07, 6.45) is 4.31.